The van der Waals surface area contributed by atoms with Crippen molar-refractivity contribution < 1.29 is 14.1 Å². The van der Waals surface area contributed by atoms with Gasteiger partial charge in [0.25, 0.3) is 10.9 Å². The molecule has 7 nitrogen and oxygen atoms in total. The molecular formula is C10H7N3O4S. The fourth-order valence-corrected chi connectivity index (χ4v) is 2.04. The Balaban J connectivity index is 2.30. The first-order valence-corrected chi connectivity index (χ1v) is 5.63. The molecule has 0 aliphatic heterocycles. The summed E-state index contributed by atoms with van der Waals surface area (Å²) in [7, 11) is 0. The fraction of sp³-hybridized carbons (Fsp3) is 0.100. The predicted molar refractivity (Wildman–Crippen MR) is 61.6 cm³/mol. The van der Waals surface area contributed by atoms with E-state index < -0.39 is 4.92 Å². The Bertz CT molecular complexity index is 611. The van der Waals surface area contributed by atoms with Crippen molar-refractivity contribution in [3.8, 4) is 0 Å². The molecule has 1 heterocycles. The van der Waals surface area contributed by atoms with Crippen molar-refractivity contribution in [1.29, 1.82) is 0 Å². The van der Waals surface area contributed by atoms with Crippen molar-refractivity contribution >= 4 is 23.7 Å². The molecule has 0 aliphatic carbocycles. The summed E-state index contributed by atoms with van der Waals surface area (Å²) >= 11 is 1.14. The van der Waals surface area contributed by atoms with Crippen molar-refractivity contribution in [2.45, 2.75) is 17.0 Å². The van der Waals surface area contributed by atoms with Gasteiger partial charge in [-0.15, -0.1) is 10.2 Å². The third-order valence-electron chi connectivity index (χ3n) is 2.04. The molecule has 8 heteroatoms. The second-order valence-corrected chi connectivity index (χ2v) is 4.31. The van der Waals surface area contributed by atoms with Crippen molar-refractivity contribution in [2.24, 2.45) is 0 Å². The number of nitrogens with zero attached hydrogens (tertiary/aromatic N) is 3. The molecule has 0 amide bonds. The molecule has 2 aromatic rings. The average Bonchev–Trinajstić information content (AvgIpc) is 2.74. The highest BCUT2D eigenvalue weighted by molar-refractivity contribution is 7.99. The minimum Gasteiger partial charge on any atom is -0.416 e. The Morgan fingerprint density at radius 1 is 1.44 bits per heavy atom. The van der Waals surface area contributed by atoms with Crippen LogP contribution in [0.5, 0.6) is 0 Å². The Labute approximate surface area is 105 Å². The Morgan fingerprint density at radius 2 is 2.22 bits per heavy atom. The van der Waals surface area contributed by atoms with Crippen LogP contribution in [0.3, 0.4) is 0 Å². The zero-order valence-electron chi connectivity index (χ0n) is 9.19. The van der Waals surface area contributed by atoms with Crippen molar-refractivity contribution in [1.82, 2.24) is 10.2 Å². The molecule has 0 atom stereocenters. The largest absolute Gasteiger partial charge is 0.416 e. The standard InChI is InChI=1S/C10H7N3O4S/c1-6-11-12-10(17-6)18-8-2-3-9(13(15)16)7(4-8)5-14/h2-5H,1H3. The van der Waals surface area contributed by atoms with Gasteiger partial charge in [-0.05, 0) is 23.9 Å². The van der Waals surface area contributed by atoms with Gasteiger partial charge in [-0.3, -0.25) is 14.9 Å². The molecule has 0 bridgehead atoms. The first-order valence-electron chi connectivity index (χ1n) is 4.81. The number of benzene rings is 1. The van der Waals surface area contributed by atoms with Crippen LogP contribution >= 0.6 is 11.8 Å². The normalized spacial score (nSPS) is 10.3. The van der Waals surface area contributed by atoms with Gasteiger partial charge >= 0.3 is 0 Å². The molecule has 92 valence electrons. The van der Waals surface area contributed by atoms with E-state index in [2.05, 4.69) is 10.2 Å². The number of aryl methyl sites for hydroxylation is 1. The first kappa shape index (κ1) is 12.2. The van der Waals surface area contributed by atoms with Crippen LogP contribution in [0.15, 0.2) is 32.7 Å². The smallest absolute Gasteiger partial charge is 0.281 e. The topological polar surface area (TPSA) is 99.1 Å². The molecular weight excluding hydrogens is 258 g/mol. The number of aldehydes is 1. The van der Waals surface area contributed by atoms with Crippen molar-refractivity contribution in [3.63, 3.8) is 0 Å². The van der Waals surface area contributed by atoms with Gasteiger partial charge in [-0.25, -0.2) is 0 Å². The number of hydrogen-bond acceptors (Lipinski definition) is 7. The SMILES string of the molecule is Cc1nnc(Sc2ccc([N+](=O)[O-])c(C=O)c2)o1. The summed E-state index contributed by atoms with van der Waals surface area (Å²) in [6.45, 7) is 1.66. The van der Waals surface area contributed by atoms with E-state index in [4.69, 9.17) is 4.42 Å². The highest BCUT2D eigenvalue weighted by Crippen LogP contribution is 2.29. The van der Waals surface area contributed by atoms with E-state index in [0.29, 0.717) is 22.3 Å². The molecule has 2 rings (SSSR count). The monoisotopic (exact) mass is 265 g/mol. The van der Waals surface area contributed by atoms with Gasteiger partial charge < -0.3 is 4.42 Å². The number of rotatable bonds is 4. The maximum atomic E-state index is 10.8. The van der Waals surface area contributed by atoms with Crippen LogP contribution in [0.1, 0.15) is 16.2 Å². The molecule has 0 N–H and O–H groups in total. The minimum absolute atomic E-state index is 0.0150. The van der Waals surface area contributed by atoms with E-state index in [0.717, 1.165) is 11.8 Å². The lowest BCUT2D eigenvalue weighted by Crippen LogP contribution is -1.94. The maximum absolute atomic E-state index is 10.8. The summed E-state index contributed by atoms with van der Waals surface area (Å²) in [5.74, 6) is 0.426. The summed E-state index contributed by atoms with van der Waals surface area (Å²) < 4.78 is 5.16. The van der Waals surface area contributed by atoms with Crippen LogP contribution < -0.4 is 0 Å². The number of hydrogen-bond donors (Lipinski definition) is 0. The Morgan fingerprint density at radius 3 is 2.78 bits per heavy atom. The molecule has 18 heavy (non-hydrogen) atoms. The number of nitro benzene ring substituents is 1. The van der Waals surface area contributed by atoms with E-state index in [1.807, 2.05) is 0 Å². The van der Waals surface area contributed by atoms with Crippen LogP contribution in [0.2, 0.25) is 0 Å². The second-order valence-electron chi connectivity index (χ2n) is 3.28. The van der Waals surface area contributed by atoms with Gasteiger partial charge in [-0.1, -0.05) is 0 Å². The third-order valence-corrected chi connectivity index (χ3v) is 2.86. The number of carbonyl (C=O) groups excluding carboxylic acids is 1. The number of aromatic nitrogens is 2. The second kappa shape index (κ2) is 4.96. The van der Waals surface area contributed by atoms with Crippen LogP contribution in [-0.2, 0) is 0 Å². The summed E-state index contributed by atoms with van der Waals surface area (Å²) in [5, 5.41) is 18.4. The summed E-state index contributed by atoms with van der Waals surface area (Å²) in [6.07, 6.45) is 0.446. The van der Waals surface area contributed by atoms with Crippen molar-refractivity contribution in [3.05, 3.63) is 39.8 Å². The lowest BCUT2D eigenvalue weighted by molar-refractivity contribution is -0.385. The van der Waals surface area contributed by atoms with Gasteiger partial charge in [-0.2, -0.15) is 0 Å². The number of carbonyl (C=O) groups is 1. The average molecular weight is 265 g/mol. The zero-order valence-corrected chi connectivity index (χ0v) is 10.0. The number of nitro groups is 1. The summed E-state index contributed by atoms with van der Waals surface area (Å²) in [5.41, 5.74) is -0.211. The predicted octanol–water partition coefficient (Wildman–Crippen LogP) is 2.25. The molecule has 1 aromatic heterocycles. The first-order chi connectivity index (χ1) is 8.60. The van der Waals surface area contributed by atoms with Gasteiger partial charge in [0.05, 0.1) is 10.5 Å². The molecule has 0 saturated carbocycles. The summed E-state index contributed by atoms with van der Waals surface area (Å²) in [6, 6.07) is 4.21. The molecule has 1 aromatic carbocycles. The zero-order chi connectivity index (χ0) is 13.1. The van der Waals surface area contributed by atoms with Crippen molar-refractivity contribution in [2.75, 3.05) is 0 Å². The van der Waals surface area contributed by atoms with Crippen LogP contribution in [-0.4, -0.2) is 21.4 Å². The van der Waals surface area contributed by atoms with Gasteiger partial charge in [0.2, 0.25) is 5.89 Å². The van der Waals surface area contributed by atoms with E-state index in [-0.39, 0.29) is 11.3 Å². The van der Waals surface area contributed by atoms with E-state index in [1.54, 1.807) is 6.92 Å². The van der Waals surface area contributed by atoms with E-state index in [1.165, 1.54) is 18.2 Å². The van der Waals surface area contributed by atoms with Gasteiger partial charge in [0.1, 0.15) is 0 Å². The quantitative estimate of drug-likeness (QED) is 0.474. The maximum Gasteiger partial charge on any atom is 0.281 e. The molecule has 0 unspecified atom stereocenters. The van der Waals surface area contributed by atoms with Gasteiger partial charge in [0, 0.05) is 17.9 Å². The Kier molecular flexibility index (Phi) is 3.38. The Hall–Kier alpha value is -2.22. The lowest BCUT2D eigenvalue weighted by atomic mass is 10.2. The molecule has 0 spiro atoms. The van der Waals surface area contributed by atoms with E-state index in [9.17, 15) is 14.9 Å². The fourth-order valence-electron chi connectivity index (χ4n) is 1.28. The highest BCUT2D eigenvalue weighted by Gasteiger charge is 2.14. The van der Waals surface area contributed by atoms with E-state index >= 15 is 0 Å². The highest BCUT2D eigenvalue weighted by atomic mass is 32.2. The molecule has 0 saturated heterocycles. The van der Waals surface area contributed by atoms with Gasteiger partial charge in [0.15, 0.2) is 6.29 Å². The molecule has 0 aliphatic rings. The summed E-state index contributed by atoms with van der Waals surface area (Å²) in [4.78, 5) is 21.4. The minimum atomic E-state index is -0.602. The van der Waals surface area contributed by atoms with Crippen LogP contribution in [0.4, 0.5) is 5.69 Å². The molecule has 0 radical (unpaired) electrons. The third kappa shape index (κ3) is 2.54. The molecule has 0 fully saturated rings. The lowest BCUT2D eigenvalue weighted by Gasteiger charge is -1.99. The van der Waals surface area contributed by atoms with Crippen LogP contribution in [0.25, 0.3) is 0 Å². The van der Waals surface area contributed by atoms with Crippen LogP contribution in [0, 0.1) is 17.0 Å².